The fourth-order valence-electron chi connectivity index (χ4n) is 1.92. The summed E-state index contributed by atoms with van der Waals surface area (Å²) in [5, 5.41) is 14.7. The maximum absolute atomic E-state index is 14.0. The smallest absolute Gasteiger partial charge is 0.353 e. The number of aromatic amines is 1. The van der Waals surface area contributed by atoms with E-state index in [0.29, 0.717) is 0 Å². The van der Waals surface area contributed by atoms with Gasteiger partial charge in [-0.25, -0.2) is 13.6 Å². The van der Waals surface area contributed by atoms with Gasteiger partial charge in [-0.2, -0.15) is 5.10 Å². The lowest BCUT2D eigenvalue weighted by Crippen LogP contribution is -2.17. The van der Waals surface area contributed by atoms with Gasteiger partial charge in [-0.05, 0) is 6.07 Å². The molecule has 2 N–H and O–H groups in total. The molecule has 0 aliphatic carbocycles. The van der Waals surface area contributed by atoms with Crippen molar-refractivity contribution < 1.29 is 28.2 Å². The molecular formula is C12H8F2N2O4. The van der Waals surface area contributed by atoms with Gasteiger partial charge in [0.25, 0.3) is 0 Å². The van der Waals surface area contributed by atoms with Crippen LogP contribution in [0.3, 0.4) is 0 Å². The Morgan fingerprint density at radius 1 is 1.30 bits per heavy atom. The second kappa shape index (κ2) is 4.48. The molecule has 0 atom stereocenters. The molecule has 2 aromatic rings. The summed E-state index contributed by atoms with van der Waals surface area (Å²) in [4.78, 5) is 10.8. The maximum atomic E-state index is 14.0. The van der Waals surface area contributed by atoms with Crippen molar-refractivity contribution in [3.8, 4) is 22.8 Å². The highest BCUT2D eigenvalue weighted by Gasteiger charge is 2.26. The Kier molecular flexibility index (Phi) is 2.78. The van der Waals surface area contributed by atoms with Crippen LogP contribution in [0.15, 0.2) is 12.1 Å². The van der Waals surface area contributed by atoms with Crippen molar-refractivity contribution in [2.24, 2.45) is 0 Å². The zero-order valence-corrected chi connectivity index (χ0v) is 9.94. The van der Waals surface area contributed by atoms with Crippen molar-refractivity contribution >= 4 is 5.97 Å². The number of nitrogens with one attached hydrogen (secondary N) is 1. The normalized spacial score (nSPS) is 13.3. The predicted octanol–water partition coefficient (Wildman–Crippen LogP) is 1.82. The number of hydrogen-bond donors (Lipinski definition) is 2. The van der Waals surface area contributed by atoms with Crippen LogP contribution in [0.25, 0.3) is 11.3 Å². The Morgan fingerprint density at radius 2 is 2.05 bits per heavy atom. The van der Waals surface area contributed by atoms with Crippen LogP contribution in [0.2, 0.25) is 0 Å². The van der Waals surface area contributed by atoms with Gasteiger partial charge in [-0.15, -0.1) is 0 Å². The molecule has 0 spiro atoms. The van der Waals surface area contributed by atoms with Crippen molar-refractivity contribution in [1.82, 2.24) is 10.2 Å². The molecule has 0 fully saturated rings. The van der Waals surface area contributed by atoms with Crippen molar-refractivity contribution in [2.75, 3.05) is 13.2 Å². The zero-order chi connectivity index (χ0) is 14.3. The molecule has 8 heteroatoms. The fourth-order valence-corrected chi connectivity index (χ4v) is 1.92. The zero-order valence-electron chi connectivity index (χ0n) is 9.94. The van der Waals surface area contributed by atoms with Crippen molar-refractivity contribution in [3.63, 3.8) is 0 Å². The van der Waals surface area contributed by atoms with Gasteiger partial charge in [0, 0.05) is 6.07 Å². The second-order valence-corrected chi connectivity index (χ2v) is 4.04. The van der Waals surface area contributed by atoms with Crippen LogP contribution in [0, 0.1) is 11.6 Å². The van der Waals surface area contributed by atoms with E-state index in [9.17, 15) is 13.6 Å². The summed E-state index contributed by atoms with van der Waals surface area (Å²) >= 11 is 0. The SMILES string of the molecule is O=C(O)c1cc(-c2c(F)c(F)cc3c2OCCO3)n[nH]1. The van der Waals surface area contributed by atoms with E-state index in [1.807, 2.05) is 0 Å². The first-order valence-electron chi connectivity index (χ1n) is 5.64. The first-order valence-corrected chi connectivity index (χ1v) is 5.64. The Labute approximate surface area is 110 Å². The van der Waals surface area contributed by atoms with E-state index in [2.05, 4.69) is 10.2 Å². The minimum atomic E-state index is -1.26. The first kappa shape index (κ1) is 12.4. The number of carboxylic acids is 1. The van der Waals surface area contributed by atoms with Crippen LogP contribution in [0.4, 0.5) is 8.78 Å². The highest BCUT2D eigenvalue weighted by molar-refractivity contribution is 5.87. The first-order chi connectivity index (χ1) is 9.58. The van der Waals surface area contributed by atoms with Gasteiger partial charge >= 0.3 is 5.97 Å². The number of aromatic nitrogens is 2. The molecule has 1 aromatic heterocycles. The summed E-state index contributed by atoms with van der Waals surface area (Å²) in [6.45, 7) is 0.403. The van der Waals surface area contributed by atoms with Gasteiger partial charge in [0.15, 0.2) is 23.1 Å². The highest BCUT2D eigenvalue weighted by atomic mass is 19.2. The number of carboxylic acid groups (broad SMARTS) is 1. The number of fused-ring (bicyclic) bond motifs is 1. The summed E-state index contributed by atoms with van der Waals surface area (Å²) in [6, 6.07) is 1.98. The Bertz CT molecular complexity index is 699. The average Bonchev–Trinajstić information content (AvgIpc) is 2.90. The number of ether oxygens (including phenoxy) is 2. The maximum Gasteiger partial charge on any atom is 0.353 e. The van der Waals surface area contributed by atoms with Gasteiger partial charge in [-0.1, -0.05) is 0 Å². The van der Waals surface area contributed by atoms with Gasteiger partial charge in [0.05, 0.1) is 11.3 Å². The summed E-state index contributed by atoms with van der Waals surface area (Å²) in [5.41, 5.74) is -0.571. The van der Waals surface area contributed by atoms with E-state index < -0.39 is 17.6 Å². The lowest BCUT2D eigenvalue weighted by molar-refractivity contribution is 0.0690. The highest BCUT2D eigenvalue weighted by Crippen LogP contribution is 2.42. The molecule has 0 amide bonds. The van der Waals surface area contributed by atoms with Crippen molar-refractivity contribution in [3.05, 3.63) is 29.5 Å². The van der Waals surface area contributed by atoms with Crippen molar-refractivity contribution in [2.45, 2.75) is 0 Å². The molecule has 0 radical (unpaired) electrons. The topological polar surface area (TPSA) is 84.4 Å². The Morgan fingerprint density at radius 3 is 2.75 bits per heavy atom. The largest absolute Gasteiger partial charge is 0.486 e. The average molecular weight is 282 g/mol. The number of H-pyrrole nitrogens is 1. The molecule has 0 bridgehead atoms. The summed E-state index contributed by atoms with van der Waals surface area (Å²) < 4.78 is 38.0. The van der Waals surface area contributed by atoms with Crippen molar-refractivity contribution in [1.29, 1.82) is 0 Å². The van der Waals surface area contributed by atoms with E-state index in [0.717, 1.165) is 12.1 Å². The predicted molar refractivity (Wildman–Crippen MR) is 61.9 cm³/mol. The second-order valence-electron chi connectivity index (χ2n) is 4.04. The lowest BCUT2D eigenvalue weighted by atomic mass is 10.1. The Balaban J connectivity index is 2.20. The molecular weight excluding hydrogens is 274 g/mol. The van der Waals surface area contributed by atoms with Crippen LogP contribution in [-0.4, -0.2) is 34.5 Å². The standard InChI is InChI=1S/C12H8F2N2O4/c13-5-3-8-11(20-2-1-19-8)9(10(5)14)6-4-7(12(17)18)16-15-6/h3-4H,1-2H2,(H,15,16)(H,17,18). The van der Waals surface area contributed by atoms with Gasteiger partial charge in [0.2, 0.25) is 0 Å². The fraction of sp³-hybridized carbons (Fsp3) is 0.167. The third kappa shape index (κ3) is 1.85. The molecule has 1 aliphatic rings. The number of aromatic carboxylic acids is 1. The van der Waals surface area contributed by atoms with E-state index >= 15 is 0 Å². The summed E-state index contributed by atoms with van der Waals surface area (Å²) in [6.07, 6.45) is 0. The molecule has 20 heavy (non-hydrogen) atoms. The molecule has 1 aliphatic heterocycles. The Hall–Kier alpha value is -2.64. The molecule has 6 nitrogen and oxygen atoms in total. The molecule has 2 heterocycles. The van der Waals surface area contributed by atoms with Gasteiger partial charge in [-0.3, -0.25) is 5.10 Å². The summed E-state index contributed by atoms with van der Waals surface area (Å²) in [7, 11) is 0. The quantitative estimate of drug-likeness (QED) is 0.877. The van der Waals surface area contributed by atoms with E-state index in [4.69, 9.17) is 14.6 Å². The molecule has 0 saturated heterocycles. The number of nitrogens with zero attached hydrogens (tertiary/aromatic N) is 1. The van der Waals surface area contributed by atoms with E-state index in [1.165, 1.54) is 0 Å². The van der Waals surface area contributed by atoms with Crippen LogP contribution in [0.5, 0.6) is 11.5 Å². The lowest BCUT2D eigenvalue weighted by Gasteiger charge is -2.21. The van der Waals surface area contributed by atoms with Gasteiger partial charge < -0.3 is 14.6 Å². The third-order valence-electron chi connectivity index (χ3n) is 2.79. The number of halogens is 2. The van der Waals surface area contributed by atoms with Crippen LogP contribution in [-0.2, 0) is 0 Å². The molecule has 3 rings (SSSR count). The van der Waals surface area contributed by atoms with Crippen LogP contribution < -0.4 is 9.47 Å². The van der Waals surface area contributed by atoms with Crippen LogP contribution in [0.1, 0.15) is 10.5 Å². The number of carbonyl (C=O) groups is 1. The minimum Gasteiger partial charge on any atom is -0.486 e. The monoisotopic (exact) mass is 282 g/mol. The number of rotatable bonds is 2. The van der Waals surface area contributed by atoms with Crippen LogP contribution >= 0.6 is 0 Å². The molecule has 1 aromatic carbocycles. The third-order valence-corrected chi connectivity index (χ3v) is 2.79. The summed E-state index contributed by atoms with van der Waals surface area (Å²) in [5.74, 6) is -3.47. The van der Waals surface area contributed by atoms with Gasteiger partial charge in [0.1, 0.15) is 18.9 Å². The molecule has 104 valence electrons. The molecule has 0 saturated carbocycles. The number of hydrogen-bond acceptors (Lipinski definition) is 4. The minimum absolute atomic E-state index is 0.0126. The van der Waals surface area contributed by atoms with E-state index in [-0.39, 0.29) is 41.7 Å². The molecule has 0 unspecified atom stereocenters. The number of benzene rings is 1. The van der Waals surface area contributed by atoms with E-state index in [1.54, 1.807) is 0 Å².